The maximum atomic E-state index is 4.82. The van der Waals surface area contributed by atoms with Crippen LogP contribution in [0, 0.1) is 0 Å². The molecule has 0 aromatic heterocycles. The first-order valence-corrected chi connectivity index (χ1v) is 8.69. The molecular formula is C19H33IN4. The lowest BCUT2D eigenvalue weighted by Gasteiger charge is -2.33. The standard InChI is InChI=1S/C19H32N4.HI/c1-16-10-8-9-13-23(16)15-18-12-7-6-11-17(18)14-20-19(21(2)3)22(4)5;/h6-7,11-12,16H,8-10,13-15H2,1-5H3;1H. The Morgan fingerprint density at radius 3 is 2.29 bits per heavy atom. The van der Waals surface area contributed by atoms with Crippen LogP contribution >= 0.6 is 24.0 Å². The van der Waals surface area contributed by atoms with E-state index in [0.29, 0.717) is 6.04 Å². The van der Waals surface area contributed by atoms with Gasteiger partial charge in [-0.3, -0.25) is 4.90 Å². The predicted octanol–water partition coefficient (Wildman–Crippen LogP) is 3.66. The van der Waals surface area contributed by atoms with Crippen molar-refractivity contribution in [1.29, 1.82) is 0 Å². The molecule has 1 aliphatic rings. The topological polar surface area (TPSA) is 22.1 Å². The molecule has 0 spiro atoms. The van der Waals surface area contributed by atoms with Crippen molar-refractivity contribution in [3.63, 3.8) is 0 Å². The molecule has 1 aliphatic heterocycles. The van der Waals surface area contributed by atoms with E-state index in [2.05, 4.69) is 45.9 Å². The first-order chi connectivity index (χ1) is 11.0. The Morgan fingerprint density at radius 2 is 1.71 bits per heavy atom. The first-order valence-electron chi connectivity index (χ1n) is 8.69. The van der Waals surface area contributed by atoms with Crippen LogP contribution in [-0.2, 0) is 13.1 Å². The van der Waals surface area contributed by atoms with Crippen molar-refractivity contribution in [2.45, 2.75) is 45.3 Å². The van der Waals surface area contributed by atoms with Crippen LogP contribution in [0.25, 0.3) is 0 Å². The van der Waals surface area contributed by atoms with Crippen LogP contribution in [0.1, 0.15) is 37.3 Å². The van der Waals surface area contributed by atoms with Gasteiger partial charge in [0.1, 0.15) is 0 Å². The summed E-state index contributed by atoms with van der Waals surface area (Å²) in [6.45, 7) is 5.37. The smallest absolute Gasteiger partial charge is 0.195 e. The Kier molecular flexibility index (Phi) is 9.05. The van der Waals surface area contributed by atoms with Gasteiger partial charge in [-0.15, -0.1) is 24.0 Å². The molecule has 1 aromatic carbocycles. The van der Waals surface area contributed by atoms with Crippen LogP contribution in [0.2, 0.25) is 0 Å². The van der Waals surface area contributed by atoms with Gasteiger partial charge in [-0.1, -0.05) is 30.7 Å². The van der Waals surface area contributed by atoms with Crippen LogP contribution in [0.3, 0.4) is 0 Å². The van der Waals surface area contributed by atoms with Crippen LogP contribution in [0.5, 0.6) is 0 Å². The third-order valence-electron chi connectivity index (χ3n) is 4.62. The maximum Gasteiger partial charge on any atom is 0.195 e. The average Bonchev–Trinajstić information content (AvgIpc) is 2.50. The predicted molar refractivity (Wildman–Crippen MR) is 114 cm³/mol. The summed E-state index contributed by atoms with van der Waals surface area (Å²) in [6, 6.07) is 9.45. The van der Waals surface area contributed by atoms with Crippen molar-refractivity contribution >= 4 is 29.9 Å². The van der Waals surface area contributed by atoms with E-state index >= 15 is 0 Å². The Bertz CT molecular complexity index is 518. The molecule has 2 rings (SSSR count). The molecule has 0 N–H and O–H groups in total. The molecule has 0 bridgehead atoms. The number of piperidine rings is 1. The van der Waals surface area contributed by atoms with E-state index in [4.69, 9.17) is 4.99 Å². The Morgan fingerprint density at radius 1 is 1.08 bits per heavy atom. The summed E-state index contributed by atoms with van der Waals surface area (Å²) in [5, 5.41) is 0. The highest BCUT2D eigenvalue weighted by molar-refractivity contribution is 14.0. The first kappa shape index (κ1) is 21.2. The summed E-state index contributed by atoms with van der Waals surface area (Å²) in [5.41, 5.74) is 2.76. The third-order valence-corrected chi connectivity index (χ3v) is 4.62. The van der Waals surface area contributed by atoms with E-state index in [1.54, 1.807) is 0 Å². The van der Waals surface area contributed by atoms with Gasteiger partial charge in [0.25, 0.3) is 0 Å². The lowest BCUT2D eigenvalue weighted by molar-refractivity contribution is 0.152. The fourth-order valence-corrected chi connectivity index (χ4v) is 3.32. The van der Waals surface area contributed by atoms with Gasteiger partial charge >= 0.3 is 0 Å². The molecule has 1 aromatic rings. The van der Waals surface area contributed by atoms with Crippen molar-refractivity contribution in [2.24, 2.45) is 4.99 Å². The van der Waals surface area contributed by atoms with E-state index in [0.717, 1.165) is 19.0 Å². The molecule has 1 heterocycles. The SMILES string of the molecule is CC1CCCCN1Cc1ccccc1CN=C(N(C)C)N(C)C.I. The number of benzene rings is 1. The number of hydrogen-bond acceptors (Lipinski definition) is 2. The molecule has 1 atom stereocenters. The van der Waals surface area contributed by atoms with Gasteiger partial charge in [0.15, 0.2) is 5.96 Å². The average molecular weight is 444 g/mol. The minimum atomic E-state index is 0. The van der Waals surface area contributed by atoms with Gasteiger partial charge in [-0.2, -0.15) is 0 Å². The van der Waals surface area contributed by atoms with E-state index in [1.165, 1.54) is 36.9 Å². The molecule has 24 heavy (non-hydrogen) atoms. The highest BCUT2D eigenvalue weighted by atomic mass is 127. The molecule has 0 aliphatic carbocycles. The molecule has 1 saturated heterocycles. The second-order valence-electron chi connectivity index (χ2n) is 6.99. The molecule has 1 fully saturated rings. The molecule has 4 nitrogen and oxygen atoms in total. The number of guanidine groups is 1. The normalized spacial score (nSPS) is 17.8. The molecule has 0 saturated carbocycles. The van der Waals surface area contributed by atoms with E-state index in [-0.39, 0.29) is 24.0 Å². The molecule has 136 valence electrons. The number of likely N-dealkylation sites (tertiary alicyclic amines) is 1. The number of aliphatic imine (C=N–C) groups is 1. The number of halogens is 1. The molecule has 0 radical (unpaired) electrons. The summed E-state index contributed by atoms with van der Waals surface area (Å²) < 4.78 is 0. The zero-order valence-corrected chi connectivity index (χ0v) is 18.2. The highest BCUT2D eigenvalue weighted by Gasteiger charge is 2.19. The van der Waals surface area contributed by atoms with E-state index in [9.17, 15) is 0 Å². The van der Waals surface area contributed by atoms with Crippen molar-refractivity contribution < 1.29 is 0 Å². The zero-order valence-electron chi connectivity index (χ0n) is 15.8. The zero-order chi connectivity index (χ0) is 16.8. The summed E-state index contributed by atoms with van der Waals surface area (Å²) in [7, 11) is 8.17. The van der Waals surface area contributed by atoms with E-state index in [1.807, 2.05) is 28.2 Å². The van der Waals surface area contributed by atoms with Crippen LogP contribution in [0.15, 0.2) is 29.3 Å². The highest BCUT2D eigenvalue weighted by Crippen LogP contribution is 2.21. The lowest BCUT2D eigenvalue weighted by Crippen LogP contribution is -2.37. The van der Waals surface area contributed by atoms with Gasteiger partial charge in [0, 0.05) is 40.8 Å². The molecule has 0 amide bonds. The Hall–Kier alpha value is -0.820. The van der Waals surface area contributed by atoms with Crippen LogP contribution in [-0.4, -0.2) is 61.4 Å². The molecule has 5 heteroatoms. The fourth-order valence-electron chi connectivity index (χ4n) is 3.32. The van der Waals surface area contributed by atoms with Gasteiger partial charge in [0.2, 0.25) is 0 Å². The Labute approximate surface area is 164 Å². The molecular weight excluding hydrogens is 411 g/mol. The Balaban J connectivity index is 0.00000288. The fraction of sp³-hybridized carbons (Fsp3) is 0.632. The number of hydrogen-bond donors (Lipinski definition) is 0. The van der Waals surface area contributed by atoms with Crippen LogP contribution < -0.4 is 0 Å². The quantitative estimate of drug-likeness (QED) is 0.402. The van der Waals surface area contributed by atoms with Gasteiger partial charge in [0.05, 0.1) is 6.54 Å². The van der Waals surface area contributed by atoms with Crippen molar-refractivity contribution in [2.75, 3.05) is 34.7 Å². The largest absolute Gasteiger partial charge is 0.349 e. The van der Waals surface area contributed by atoms with Gasteiger partial charge in [-0.25, -0.2) is 4.99 Å². The monoisotopic (exact) mass is 444 g/mol. The second kappa shape index (κ2) is 10.2. The lowest BCUT2D eigenvalue weighted by atomic mass is 10.0. The van der Waals surface area contributed by atoms with Crippen molar-refractivity contribution in [3.8, 4) is 0 Å². The van der Waals surface area contributed by atoms with Crippen molar-refractivity contribution in [3.05, 3.63) is 35.4 Å². The summed E-state index contributed by atoms with van der Waals surface area (Å²) in [6.07, 6.45) is 4.03. The molecule has 1 unspecified atom stereocenters. The van der Waals surface area contributed by atoms with Gasteiger partial charge in [-0.05, 0) is 37.4 Å². The summed E-state index contributed by atoms with van der Waals surface area (Å²) in [4.78, 5) is 11.6. The second-order valence-corrected chi connectivity index (χ2v) is 6.99. The van der Waals surface area contributed by atoms with Crippen molar-refractivity contribution in [1.82, 2.24) is 14.7 Å². The van der Waals surface area contributed by atoms with Crippen LogP contribution in [0.4, 0.5) is 0 Å². The summed E-state index contributed by atoms with van der Waals surface area (Å²) >= 11 is 0. The van der Waals surface area contributed by atoms with Gasteiger partial charge < -0.3 is 9.80 Å². The minimum Gasteiger partial charge on any atom is -0.349 e. The number of rotatable bonds is 4. The van der Waals surface area contributed by atoms with E-state index < -0.39 is 0 Å². The maximum absolute atomic E-state index is 4.82. The minimum absolute atomic E-state index is 0. The number of nitrogens with zero attached hydrogens (tertiary/aromatic N) is 4. The summed E-state index contributed by atoms with van der Waals surface area (Å²) in [5.74, 6) is 1.01. The third kappa shape index (κ3) is 5.92.